The molecule has 1 aliphatic heterocycles. The van der Waals surface area contributed by atoms with Gasteiger partial charge in [0, 0.05) is 4.43 Å². The zero-order valence-electron chi connectivity index (χ0n) is 7.75. The summed E-state index contributed by atoms with van der Waals surface area (Å²) >= 11 is 2.34. The van der Waals surface area contributed by atoms with E-state index in [0.29, 0.717) is 6.10 Å². The zero-order chi connectivity index (χ0) is 9.97. The summed E-state index contributed by atoms with van der Waals surface area (Å²) in [6.07, 6.45) is 2.73. The minimum atomic E-state index is -0.183. The molecule has 1 nitrogen and oxygen atoms in total. The van der Waals surface area contributed by atoms with E-state index in [1.54, 1.807) is 0 Å². The van der Waals surface area contributed by atoms with Crippen molar-refractivity contribution in [1.29, 1.82) is 0 Å². The molecule has 1 aliphatic rings. The number of rotatable bonds is 2. The van der Waals surface area contributed by atoms with Crippen LogP contribution in [-0.4, -0.2) is 10.5 Å². The number of hydrogen-bond acceptors (Lipinski definition) is 1. The fourth-order valence-corrected chi connectivity index (χ4v) is 2.39. The number of hydrogen-bond donors (Lipinski definition) is 0. The number of alkyl halides is 1. The van der Waals surface area contributed by atoms with Crippen LogP contribution in [0.2, 0.25) is 0 Å². The Morgan fingerprint density at radius 2 is 2.00 bits per heavy atom. The van der Waals surface area contributed by atoms with Gasteiger partial charge in [-0.25, -0.2) is 4.39 Å². The molecular formula is C11H12FIO. The quantitative estimate of drug-likeness (QED) is 0.600. The first-order valence-electron chi connectivity index (χ1n) is 4.76. The largest absolute Gasteiger partial charge is 0.370 e. The van der Waals surface area contributed by atoms with Gasteiger partial charge in [-0.15, -0.1) is 0 Å². The highest BCUT2D eigenvalue weighted by molar-refractivity contribution is 14.1. The molecule has 1 aromatic rings. The summed E-state index contributed by atoms with van der Waals surface area (Å²) in [4.78, 5) is 0. The second-order valence-electron chi connectivity index (χ2n) is 3.53. The number of benzene rings is 1. The van der Waals surface area contributed by atoms with E-state index in [0.717, 1.165) is 22.8 Å². The summed E-state index contributed by atoms with van der Waals surface area (Å²) in [5.74, 6) is -0.183. The molecule has 3 heteroatoms. The molecule has 2 atom stereocenters. The summed E-state index contributed by atoms with van der Waals surface area (Å²) in [6.45, 7) is 0. The average molecular weight is 306 g/mol. The molecule has 0 amide bonds. The molecule has 1 heterocycles. The molecule has 1 aromatic carbocycles. The lowest BCUT2D eigenvalue weighted by Crippen LogP contribution is -2.07. The maximum absolute atomic E-state index is 12.7. The molecule has 0 radical (unpaired) electrons. The molecule has 1 saturated heterocycles. The first kappa shape index (κ1) is 10.4. The third kappa shape index (κ3) is 2.25. The van der Waals surface area contributed by atoms with Gasteiger partial charge in [-0.3, -0.25) is 0 Å². The van der Waals surface area contributed by atoms with Crippen LogP contribution in [0.25, 0.3) is 0 Å². The lowest BCUT2D eigenvalue weighted by molar-refractivity contribution is 0.0597. The summed E-state index contributed by atoms with van der Waals surface area (Å²) < 4.78 is 19.5. The van der Waals surface area contributed by atoms with Crippen molar-refractivity contribution < 1.29 is 9.13 Å². The van der Waals surface area contributed by atoms with Crippen molar-refractivity contribution in [2.75, 3.05) is 4.43 Å². The summed E-state index contributed by atoms with van der Waals surface area (Å²) in [7, 11) is 0. The van der Waals surface area contributed by atoms with Crippen molar-refractivity contribution >= 4 is 22.6 Å². The third-order valence-corrected chi connectivity index (χ3v) is 3.50. The zero-order valence-corrected chi connectivity index (χ0v) is 9.91. The topological polar surface area (TPSA) is 9.23 Å². The van der Waals surface area contributed by atoms with Crippen molar-refractivity contribution in [2.45, 2.75) is 25.0 Å². The van der Waals surface area contributed by atoms with Gasteiger partial charge in [0.25, 0.3) is 0 Å². The Labute approximate surface area is 96.8 Å². The predicted octanol–water partition coefficient (Wildman–Crippen LogP) is 3.48. The third-order valence-electron chi connectivity index (χ3n) is 2.52. The molecule has 2 unspecified atom stereocenters. The van der Waals surface area contributed by atoms with E-state index in [1.165, 1.54) is 12.1 Å². The highest BCUT2D eigenvalue weighted by Crippen LogP contribution is 2.33. The highest BCUT2D eigenvalue weighted by Gasteiger charge is 2.25. The van der Waals surface area contributed by atoms with E-state index in [-0.39, 0.29) is 11.9 Å². The number of ether oxygens (including phenoxy) is 1. The van der Waals surface area contributed by atoms with Crippen molar-refractivity contribution in [3.8, 4) is 0 Å². The Bertz CT molecular complexity index is 299. The Balaban J connectivity index is 2.06. The van der Waals surface area contributed by atoms with Gasteiger partial charge < -0.3 is 4.74 Å². The first-order chi connectivity index (χ1) is 6.79. The van der Waals surface area contributed by atoms with E-state index in [4.69, 9.17) is 4.74 Å². The minimum absolute atomic E-state index is 0.176. The molecule has 1 fully saturated rings. The van der Waals surface area contributed by atoms with Gasteiger partial charge in [-0.1, -0.05) is 34.7 Å². The Hall–Kier alpha value is -0.160. The second kappa shape index (κ2) is 4.57. The van der Waals surface area contributed by atoms with E-state index < -0.39 is 0 Å². The molecule has 0 saturated carbocycles. The fourth-order valence-electron chi connectivity index (χ4n) is 1.74. The smallest absolute Gasteiger partial charge is 0.123 e. The standard InChI is InChI=1S/C11H12FIO/c12-9-3-1-8(2-4-9)11-6-5-10(7-13)14-11/h1-4,10-11H,5-7H2. The van der Waals surface area contributed by atoms with Crippen LogP contribution < -0.4 is 0 Å². The fraction of sp³-hybridized carbons (Fsp3) is 0.455. The molecular weight excluding hydrogens is 294 g/mol. The molecule has 14 heavy (non-hydrogen) atoms. The molecule has 0 bridgehead atoms. The van der Waals surface area contributed by atoms with Crippen LogP contribution in [0.1, 0.15) is 24.5 Å². The van der Waals surface area contributed by atoms with Gasteiger partial charge in [-0.2, -0.15) is 0 Å². The molecule has 2 rings (SSSR count). The molecule has 0 N–H and O–H groups in total. The average Bonchev–Trinajstić information content (AvgIpc) is 2.67. The van der Waals surface area contributed by atoms with E-state index >= 15 is 0 Å². The summed E-state index contributed by atoms with van der Waals surface area (Å²) in [6, 6.07) is 6.62. The van der Waals surface area contributed by atoms with Gasteiger partial charge in [0.2, 0.25) is 0 Å². The summed E-state index contributed by atoms with van der Waals surface area (Å²) in [5, 5.41) is 0. The van der Waals surface area contributed by atoms with E-state index in [9.17, 15) is 4.39 Å². The van der Waals surface area contributed by atoms with Gasteiger partial charge >= 0.3 is 0 Å². The van der Waals surface area contributed by atoms with Crippen LogP contribution in [0, 0.1) is 5.82 Å². The Kier molecular flexibility index (Phi) is 3.38. The highest BCUT2D eigenvalue weighted by atomic mass is 127. The Morgan fingerprint density at radius 3 is 2.57 bits per heavy atom. The maximum Gasteiger partial charge on any atom is 0.123 e. The van der Waals surface area contributed by atoms with Crippen LogP contribution >= 0.6 is 22.6 Å². The lowest BCUT2D eigenvalue weighted by Gasteiger charge is -2.11. The minimum Gasteiger partial charge on any atom is -0.370 e. The first-order valence-corrected chi connectivity index (χ1v) is 6.29. The van der Waals surface area contributed by atoms with E-state index in [2.05, 4.69) is 22.6 Å². The normalized spacial score (nSPS) is 26.7. The lowest BCUT2D eigenvalue weighted by atomic mass is 10.1. The monoisotopic (exact) mass is 306 g/mol. The van der Waals surface area contributed by atoms with Crippen LogP contribution in [0.5, 0.6) is 0 Å². The molecule has 0 aliphatic carbocycles. The van der Waals surface area contributed by atoms with Crippen molar-refractivity contribution in [1.82, 2.24) is 0 Å². The molecule has 0 spiro atoms. The van der Waals surface area contributed by atoms with Crippen LogP contribution in [0.3, 0.4) is 0 Å². The van der Waals surface area contributed by atoms with Gasteiger partial charge in [-0.05, 0) is 30.5 Å². The van der Waals surface area contributed by atoms with Gasteiger partial charge in [0.05, 0.1) is 12.2 Å². The predicted molar refractivity (Wildman–Crippen MR) is 62.1 cm³/mol. The van der Waals surface area contributed by atoms with Crippen molar-refractivity contribution in [2.24, 2.45) is 0 Å². The van der Waals surface area contributed by atoms with Crippen LogP contribution in [-0.2, 0) is 4.74 Å². The SMILES string of the molecule is Fc1ccc(C2CCC(CI)O2)cc1. The summed E-state index contributed by atoms with van der Waals surface area (Å²) in [5.41, 5.74) is 1.10. The van der Waals surface area contributed by atoms with Gasteiger partial charge in [0.15, 0.2) is 0 Å². The van der Waals surface area contributed by atoms with E-state index in [1.807, 2.05) is 12.1 Å². The molecule has 0 aromatic heterocycles. The van der Waals surface area contributed by atoms with Crippen LogP contribution in [0.4, 0.5) is 4.39 Å². The van der Waals surface area contributed by atoms with Gasteiger partial charge in [0.1, 0.15) is 5.82 Å². The van der Waals surface area contributed by atoms with Crippen molar-refractivity contribution in [3.05, 3.63) is 35.6 Å². The maximum atomic E-state index is 12.7. The van der Waals surface area contributed by atoms with Crippen molar-refractivity contribution in [3.63, 3.8) is 0 Å². The molecule has 76 valence electrons. The Morgan fingerprint density at radius 1 is 1.29 bits per heavy atom. The van der Waals surface area contributed by atoms with Crippen LogP contribution in [0.15, 0.2) is 24.3 Å². The second-order valence-corrected chi connectivity index (χ2v) is 4.41. The number of halogens is 2.